The van der Waals surface area contributed by atoms with Gasteiger partial charge in [-0.15, -0.1) is 0 Å². The molecule has 24 heavy (non-hydrogen) atoms. The fraction of sp³-hybridized carbons (Fsp3) is 0.526. The van der Waals surface area contributed by atoms with Gasteiger partial charge in [0.1, 0.15) is 5.82 Å². The van der Waals surface area contributed by atoms with Crippen molar-refractivity contribution in [2.75, 3.05) is 45.1 Å². The van der Waals surface area contributed by atoms with E-state index in [1.807, 2.05) is 16.9 Å². The first kappa shape index (κ1) is 17.0. The van der Waals surface area contributed by atoms with Crippen molar-refractivity contribution in [2.24, 2.45) is 0 Å². The van der Waals surface area contributed by atoms with Crippen molar-refractivity contribution in [2.45, 2.75) is 26.3 Å². The fourth-order valence-electron chi connectivity index (χ4n) is 3.04. The SMILES string of the molecule is CCCCNc1ccnn1-c1ccc(CN2CCN(C)CC2)cc1. The average molecular weight is 327 g/mol. The molecule has 1 saturated heterocycles. The summed E-state index contributed by atoms with van der Waals surface area (Å²) in [5.74, 6) is 1.07. The van der Waals surface area contributed by atoms with E-state index in [9.17, 15) is 0 Å². The highest BCUT2D eigenvalue weighted by molar-refractivity contribution is 5.45. The fourth-order valence-corrected chi connectivity index (χ4v) is 3.04. The number of anilines is 1. The van der Waals surface area contributed by atoms with E-state index >= 15 is 0 Å². The molecule has 0 aliphatic carbocycles. The van der Waals surface area contributed by atoms with Crippen LogP contribution in [0.25, 0.3) is 5.69 Å². The molecule has 0 radical (unpaired) electrons. The third kappa shape index (κ3) is 4.36. The van der Waals surface area contributed by atoms with Crippen LogP contribution in [-0.2, 0) is 6.54 Å². The van der Waals surface area contributed by atoms with Gasteiger partial charge in [-0.05, 0) is 31.2 Å². The summed E-state index contributed by atoms with van der Waals surface area (Å²) in [6.45, 7) is 8.87. The van der Waals surface area contributed by atoms with Crippen molar-refractivity contribution in [3.63, 3.8) is 0 Å². The lowest BCUT2D eigenvalue weighted by Crippen LogP contribution is -2.43. The standard InChI is InChI=1S/C19H29N5/c1-3-4-10-20-19-9-11-21-24(19)18-7-5-17(6-8-18)16-23-14-12-22(2)13-15-23/h5-9,11,20H,3-4,10,12-16H2,1-2H3. The molecule has 1 aromatic carbocycles. The van der Waals surface area contributed by atoms with E-state index in [1.165, 1.54) is 18.4 Å². The number of nitrogens with one attached hydrogen (secondary N) is 1. The van der Waals surface area contributed by atoms with Crippen LogP contribution in [0.3, 0.4) is 0 Å². The van der Waals surface area contributed by atoms with Crippen LogP contribution in [0.5, 0.6) is 0 Å². The van der Waals surface area contributed by atoms with Gasteiger partial charge >= 0.3 is 0 Å². The monoisotopic (exact) mass is 327 g/mol. The van der Waals surface area contributed by atoms with Crippen LogP contribution in [0.2, 0.25) is 0 Å². The highest BCUT2D eigenvalue weighted by atomic mass is 15.3. The van der Waals surface area contributed by atoms with E-state index in [0.29, 0.717) is 0 Å². The number of rotatable bonds is 7. The molecule has 1 aliphatic heterocycles. The molecule has 0 amide bonds. The minimum atomic E-state index is 0.990. The van der Waals surface area contributed by atoms with Crippen LogP contribution < -0.4 is 5.32 Å². The van der Waals surface area contributed by atoms with Gasteiger partial charge in [0.05, 0.1) is 11.9 Å². The lowest BCUT2D eigenvalue weighted by atomic mass is 10.2. The van der Waals surface area contributed by atoms with Crippen molar-refractivity contribution in [1.29, 1.82) is 0 Å². The minimum Gasteiger partial charge on any atom is -0.370 e. The van der Waals surface area contributed by atoms with Gasteiger partial charge in [-0.25, -0.2) is 4.68 Å². The molecule has 0 saturated carbocycles. The van der Waals surface area contributed by atoms with E-state index in [0.717, 1.165) is 50.8 Å². The van der Waals surface area contributed by atoms with E-state index < -0.39 is 0 Å². The summed E-state index contributed by atoms with van der Waals surface area (Å²) >= 11 is 0. The van der Waals surface area contributed by atoms with Gasteiger partial charge in [0.15, 0.2) is 0 Å². The largest absolute Gasteiger partial charge is 0.370 e. The summed E-state index contributed by atoms with van der Waals surface area (Å²) in [6.07, 6.45) is 4.23. The minimum absolute atomic E-state index is 0.990. The van der Waals surface area contributed by atoms with Gasteiger partial charge in [0.25, 0.3) is 0 Å². The third-order valence-corrected chi connectivity index (χ3v) is 4.66. The number of hydrogen-bond donors (Lipinski definition) is 1. The molecule has 130 valence electrons. The molecule has 5 nitrogen and oxygen atoms in total. The molecule has 0 unspecified atom stereocenters. The molecule has 0 atom stereocenters. The Kier molecular flexibility index (Phi) is 5.88. The molecule has 2 heterocycles. The Balaban J connectivity index is 1.61. The maximum absolute atomic E-state index is 4.46. The van der Waals surface area contributed by atoms with Crippen LogP contribution in [0.4, 0.5) is 5.82 Å². The van der Waals surface area contributed by atoms with Crippen molar-refractivity contribution < 1.29 is 0 Å². The molecule has 1 aliphatic rings. The molecule has 0 spiro atoms. The van der Waals surface area contributed by atoms with E-state index in [1.54, 1.807) is 0 Å². The van der Waals surface area contributed by atoms with Crippen molar-refractivity contribution in [1.82, 2.24) is 19.6 Å². The van der Waals surface area contributed by atoms with Crippen molar-refractivity contribution in [3.8, 4) is 5.69 Å². The number of likely N-dealkylation sites (N-methyl/N-ethyl adjacent to an activating group) is 1. The van der Waals surface area contributed by atoms with E-state index in [4.69, 9.17) is 0 Å². The first-order chi connectivity index (χ1) is 11.8. The first-order valence-electron chi connectivity index (χ1n) is 9.04. The van der Waals surface area contributed by atoms with Gasteiger partial charge < -0.3 is 10.2 Å². The molecular formula is C19H29N5. The second-order valence-electron chi connectivity index (χ2n) is 6.65. The quantitative estimate of drug-likeness (QED) is 0.794. The molecule has 3 rings (SSSR count). The van der Waals surface area contributed by atoms with Crippen molar-refractivity contribution >= 4 is 5.82 Å². The van der Waals surface area contributed by atoms with Crippen LogP contribution in [-0.4, -0.2) is 59.4 Å². The number of aromatic nitrogens is 2. The van der Waals surface area contributed by atoms with Crippen LogP contribution in [0.15, 0.2) is 36.5 Å². The van der Waals surface area contributed by atoms with Gasteiger partial charge in [0, 0.05) is 45.3 Å². The Morgan fingerprint density at radius 3 is 2.50 bits per heavy atom. The predicted molar refractivity (Wildman–Crippen MR) is 99.7 cm³/mol. The molecule has 0 bridgehead atoms. The van der Waals surface area contributed by atoms with Gasteiger partial charge in [-0.2, -0.15) is 5.10 Å². The maximum Gasteiger partial charge on any atom is 0.129 e. The zero-order valence-electron chi connectivity index (χ0n) is 14.9. The number of unbranched alkanes of at least 4 members (excludes halogenated alkanes) is 1. The number of nitrogens with zero attached hydrogens (tertiary/aromatic N) is 4. The molecule has 2 aromatic rings. The highest BCUT2D eigenvalue weighted by Gasteiger charge is 2.13. The topological polar surface area (TPSA) is 36.3 Å². The normalized spacial score (nSPS) is 16.4. The molecule has 1 N–H and O–H groups in total. The second kappa shape index (κ2) is 8.31. The summed E-state index contributed by atoms with van der Waals surface area (Å²) in [6, 6.07) is 10.8. The zero-order chi connectivity index (χ0) is 16.8. The first-order valence-corrected chi connectivity index (χ1v) is 9.04. The smallest absolute Gasteiger partial charge is 0.129 e. The molecule has 1 fully saturated rings. The summed E-state index contributed by atoms with van der Waals surface area (Å²) in [7, 11) is 2.20. The van der Waals surface area contributed by atoms with E-state index in [2.05, 4.69) is 58.5 Å². The summed E-state index contributed by atoms with van der Waals surface area (Å²) in [5.41, 5.74) is 2.48. The molecule has 1 aromatic heterocycles. The van der Waals surface area contributed by atoms with Crippen molar-refractivity contribution in [3.05, 3.63) is 42.1 Å². The number of benzene rings is 1. The Labute approximate surface area is 145 Å². The summed E-state index contributed by atoms with van der Waals surface area (Å²) < 4.78 is 1.98. The molecular weight excluding hydrogens is 298 g/mol. The Morgan fingerprint density at radius 1 is 1.04 bits per heavy atom. The van der Waals surface area contributed by atoms with E-state index in [-0.39, 0.29) is 0 Å². The van der Waals surface area contributed by atoms with Gasteiger partial charge in [-0.3, -0.25) is 4.90 Å². The van der Waals surface area contributed by atoms with Crippen LogP contribution in [0, 0.1) is 0 Å². The zero-order valence-corrected chi connectivity index (χ0v) is 14.9. The van der Waals surface area contributed by atoms with Crippen LogP contribution in [0.1, 0.15) is 25.3 Å². The lowest BCUT2D eigenvalue weighted by molar-refractivity contribution is 0.148. The maximum atomic E-state index is 4.46. The van der Waals surface area contributed by atoms with Gasteiger partial charge in [-0.1, -0.05) is 25.5 Å². The Hall–Kier alpha value is -1.85. The second-order valence-corrected chi connectivity index (χ2v) is 6.65. The third-order valence-electron chi connectivity index (χ3n) is 4.66. The van der Waals surface area contributed by atoms with Crippen LogP contribution >= 0.6 is 0 Å². The molecule has 5 heteroatoms. The summed E-state index contributed by atoms with van der Waals surface area (Å²) in [4.78, 5) is 4.92. The predicted octanol–water partition coefficient (Wildman–Crippen LogP) is 2.83. The number of hydrogen-bond acceptors (Lipinski definition) is 4. The lowest BCUT2D eigenvalue weighted by Gasteiger charge is -2.32. The average Bonchev–Trinajstić information content (AvgIpc) is 3.06. The highest BCUT2D eigenvalue weighted by Crippen LogP contribution is 2.17. The number of piperazine rings is 1. The van der Waals surface area contributed by atoms with Gasteiger partial charge in [0.2, 0.25) is 0 Å². The Morgan fingerprint density at radius 2 is 1.79 bits per heavy atom. The Bertz CT molecular complexity index is 611. The summed E-state index contributed by atoms with van der Waals surface area (Å²) in [5, 5.41) is 7.92.